The Balaban J connectivity index is 2.16. The Kier molecular flexibility index (Phi) is 5.37. The van der Waals surface area contributed by atoms with Gasteiger partial charge in [-0.3, -0.25) is 0 Å². The average molecular weight is 350 g/mol. The number of hydrogen-bond donors (Lipinski definition) is 1. The Morgan fingerprint density at radius 2 is 1.91 bits per heavy atom. The molecule has 8 heteroatoms. The SMILES string of the molecule is CC(N)C1CCCN(S(=O)(=O)c2ccc(CC(F)(F)F)cc2)C1. The fourth-order valence-electron chi connectivity index (χ4n) is 2.78. The molecule has 2 unspecified atom stereocenters. The van der Waals surface area contributed by atoms with E-state index in [1.807, 2.05) is 6.92 Å². The number of piperidine rings is 1. The molecule has 1 aliphatic heterocycles. The van der Waals surface area contributed by atoms with Crippen LogP contribution in [0.25, 0.3) is 0 Å². The Labute approximate surface area is 134 Å². The van der Waals surface area contributed by atoms with Crippen LogP contribution in [0.2, 0.25) is 0 Å². The first-order valence-corrected chi connectivity index (χ1v) is 8.95. The number of hydrogen-bond acceptors (Lipinski definition) is 3. The molecule has 1 aromatic rings. The molecule has 1 aromatic carbocycles. The summed E-state index contributed by atoms with van der Waals surface area (Å²) in [5, 5.41) is 0. The molecule has 0 spiro atoms. The van der Waals surface area contributed by atoms with Crippen LogP contribution in [0.15, 0.2) is 29.2 Å². The fraction of sp³-hybridized carbons (Fsp3) is 0.600. The van der Waals surface area contributed by atoms with Gasteiger partial charge in [-0.1, -0.05) is 12.1 Å². The van der Waals surface area contributed by atoms with Crippen molar-refractivity contribution in [2.45, 2.75) is 43.3 Å². The number of alkyl halides is 3. The molecule has 0 amide bonds. The average Bonchev–Trinajstić information content (AvgIpc) is 2.46. The number of sulfonamides is 1. The zero-order chi connectivity index (χ0) is 17.3. The van der Waals surface area contributed by atoms with E-state index in [2.05, 4.69) is 0 Å². The Hall–Kier alpha value is -1.12. The number of benzene rings is 1. The summed E-state index contributed by atoms with van der Waals surface area (Å²) in [7, 11) is -3.69. The summed E-state index contributed by atoms with van der Waals surface area (Å²) in [6.45, 7) is 2.62. The molecule has 1 saturated heterocycles. The van der Waals surface area contributed by atoms with Gasteiger partial charge in [-0.25, -0.2) is 8.42 Å². The summed E-state index contributed by atoms with van der Waals surface area (Å²) in [5.41, 5.74) is 5.91. The van der Waals surface area contributed by atoms with Crippen molar-refractivity contribution in [3.8, 4) is 0 Å². The number of rotatable bonds is 4. The van der Waals surface area contributed by atoms with Gasteiger partial charge < -0.3 is 5.73 Å². The van der Waals surface area contributed by atoms with Gasteiger partial charge in [0.05, 0.1) is 11.3 Å². The molecule has 4 nitrogen and oxygen atoms in total. The van der Waals surface area contributed by atoms with Gasteiger partial charge in [-0.15, -0.1) is 0 Å². The van der Waals surface area contributed by atoms with Crippen molar-refractivity contribution < 1.29 is 21.6 Å². The summed E-state index contributed by atoms with van der Waals surface area (Å²) < 4.78 is 63.6. The van der Waals surface area contributed by atoms with Gasteiger partial charge in [0, 0.05) is 19.1 Å². The van der Waals surface area contributed by atoms with Crippen LogP contribution >= 0.6 is 0 Å². The van der Waals surface area contributed by atoms with Gasteiger partial charge in [-0.05, 0) is 43.4 Å². The van der Waals surface area contributed by atoms with Gasteiger partial charge in [0.1, 0.15) is 0 Å². The monoisotopic (exact) mass is 350 g/mol. The highest BCUT2D eigenvalue weighted by atomic mass is 32.2. The van der Waals surface area contributed by atoms with E-state index in [4.69, 9.17) is 5.73 Å². The predicted octanol–water partition coefficient (Wildman–Crippen LogP) is 2.54. The van der Waals surface area contributed by atoms with Gasteiger partial charge >= 0.3 is 6.18 Å². The third-order valence-electron chi connectivity index (χ3n) is 4.13. The van der Waals surface area contributed by atoms with Crippen molar-refractivity contribution in [3.05, 3.63) is 29.8 Å². The van der Waals surface area contributed by atoms with Crippen molar-refractivity contribution >= 4 is 10.0 Å². The summed E-state index contributed by atoms with van der Waals surface area (Å²) in [6, 6.07) is 4.82. The number of nitrogens with two attached hydrogens (primary N) is 1. The first-order valence-electron chi connectivity index (χ1n) is 7.51. The number of nitrogens with zero attached hydrogens (tertiary/aromatic N) is 1. The molecule has 0 radical (unpaired) electrons. The highest BCUT2D eigenvalue weighted by Crippen LogP contribution is 2.26. The Bertz CT molecular complexity index is 627. The molecule has 2 atom stereocenters. The maximum absolute atomic E-state index is 12.6. The zero-order valence-corrected chi connectivity index (χ0v) is 13.7. The largest absolute Gasteiger partial charge is 0.393 e. The molecule has 1 heterocycles. The van der Waals surface area contributed by atoms with E-state index in [0.29, 0.717) is 13.1 Å². The third-order valence-corrected chi connectivity index (χ3v) is 6.01. The van der Waals surface area contributed by atoms with E-state index in [-0.39, 0.29) is 22.4 Å². The first-order chi connectivity index (χ1) is 10.6. The van der Waals surface area contributed by atoms with Crippen molar-refractivity contribution in [3.63, 3.8) is 0 Å². The van der Waals surface area contributed by atoms with Crippen molar-refractivity contribution in [1.82, 2.24) is 4.31 Å². The molecule has 23 heavy (non-hydrogen) atoms. The van der Waals surface area contributed by atoms with Gasteiger partial charge in [-0.2, -0.15) is 17.5 Å². The minimum atomic E-state index is -4.31. The second-order valence-corrected chi connectivity index (χ2v) is 8.00. The highest BCUT2D eigenvalue weighted by Gasteiger charge is 2.32. The predicted molar refractivity (Wildman–Crippen MR) is 81.3 cm³/mol. The zero-order valence-electron chi connectivity index (χ0n) is 12.9. The third kappa shape index (κ3) is 4.68. The van der Waals surface area contributed by atoms with E-state index in [1.165, 1.54) is 28.6 Å². The first kappa shape index (κ1) is 18.2. The van der Waals surface area contributed by atoms with E-state index in [1.54, 1.807) is 0 Å². The molecular weight excluding hydrogens is 329 g/mol. The topological polar surface area (TPSA) is 63.4 Å². The maximum Gasteiger partial charge on any atom is 0.393 e. The molecule has 0 saturated carbocycles. The van der Waals surface area contributed by atoms with E-state index in [0.717, 1.165) is 12.8 Å². The minimum absolute atomic E-state index is 0.0220. The molecule has 2 rings (SSSR count). The normalized spacial score (nSPS) is 22.0. The molecule has 1 fully saturated rings. The summed E-state index contributed by atoms with van der Waals surface area (Å²) in [4.78, 5) is 0.0220. The standard InChI is InChI=1S/C15H21F3N2O2S/c1-11(19)13-3-2-8-20(10-13)23(21,22)14-6-4-12(5-7-14)9-15(16,17)18/h4-7,11,13H,2-3,8-10,19H2,1H3. The lowest BCUT2D eigenvalue weighted by atomic mass is 9.93. The maximum atomic E-state index is 12.6. The second kappa shape index (κ2) is 6.78. The lowest BCUT2D eigenvalue weighted by Gasteiger charge is -2.33. The highest BCUT2D eigenvalue weighted by molar-refractivity contribution is 7.89. The summed E-state index contributed by atoms with van der Waals surface area (Å²) in [6.07, 6.45) is -3.76. The van der Waals surface area contributed by atoms with Crippen LogP contribution in [0.3, 0.4) is 0 Å². The molecule has 2 N–H and O–H groups in total. The van der Waals surface area contributed by atoms with Gasteiger partial charge in [0.2, 0.25) is 10.0 Å². The van der Waals surface area contributed by atoms with Crippen LogP contribution in [-0.2, 0) is 16.4 Å². The molecule has 0 aromatic heterocycles. The van der Waals surface area contributed by atoms with Crippen molar-refractivity contribution in [2.24, 2.45) is 11.7 Å². The van der Waals surface area contributed by atoms with Gasteiger partial charge in [0.25, 0.3) is 0 Å². The summed E-state index contributed by atoms with van der Waals surface area (Å²) in [5.74, 6) is 0.100. The smallest absolute Gasteiger partial charge is 0.328 e. The minimum Gasteiger partial charge on any atom is -0.328 e. The van der Waals surface area contributed by atoms with Crippen molar-refractivity contribution in [1.29, 1.82) is 0 Å². The number of halogens is 3. The molecule has 0 bridgehead atoms. The lowest BCUT2D eigenvalue weighted by molar-refractivity contribution is -0.127. The van der Waals surface area contributed by atoms with E-state index < -0.39 is 22.6 Å². The molecule has 1 aliphatic rings. The Morgan fingerprint density at radius 1 is 1.30 bits per heavy atom. The van der Waals surface area contributed by atoms with Crippen LogP contribution in [0, 0.1) is 5.92 Å². The second-order valence-electron chi connectivity index (χ2n) is 6.06. The van der Waals surface area contributed by atoms with Crippen LogP contribution in [0.1, 0.15) is 25.3 Å². The summed E-state index contributed by atoms with van der Waals surface area (Å²) >= 11 is 0. The van der Waals surface area contributed by atoms with Gasteiger partial charge in [0.15, 0.2) is 0 Å². The van der Waals surface area contributed by atoms with Crippen LogP contribution in [0.4, 0.5) is 13.2 Å². The quantitative estimate of drug-likeness (QED) is 0.908. The van der Waals surface area contributed by atoms with Crippen molar-refractivity contribution in [2.75, 3.05) is 13.1 Å². The van der Waals surface area contributed by atoms with Crippen LogP contribution in [0.5, 0.6) is 0 Å². The fourth-order valence-corrected chi connectivity index (χ4v) is 4.32. The van der Waals surface area contributed by atoms with E-state index in [9.17, 15) is 21.6 Å². The Morgan fingerprint density at radius 3 is 2.43 bits per heavy atom. The van der Waals surface area contributed by atoms with Crippen LogP contribution < -0.4 is 5.73 Å². The molecule has 0 aliphatic carbocycles. The van der Waals surface area contributed by atoms with E-state index >= 15 is 0 Å². The van der Waals surface area contributed by atoms with Crippen LogP contribution in [-0.4, -0.2) is 38.0 Å². The lowest BCUT2D eigenvalue weighted by Crippen LogP contribution is -2.44. The molecular formula is C15H21F3N2O2S. The molecule has 130 valence electrons.